The van der Waals surface area contributed by atoms with Crippen molar-refractivity contribution in [2.45, 2.75) is 38.3 Å². The highest BCUT2D eigenvalue weighted by atomic mass is 16.5. The highest BCUT2D eigenvalue weighted by molar-refractivity contribution is 5.81. The summed E-state index contributed by atoms with van der Waals surface area (Å²) in [7, 11) is 3.70. The van der Waals surface area contributed by atoms with Crippen LogP contribution >= 0.6 is 0 Å². The fraction of sp³-hybridized carbons (Fsp3) is 0.533. The molecule has 1 aromatic heterocycles. The van der Waals surface area contributed by atoms with Crippen LogP contribution in [0.1, 0.15) is 25.5 Å². The molecule has 0 aliphatic carbocycles. The lowest BCUT2D eigenvalue weighted by Gasteiger charge is -2.21. The predicted molar refractivity (Wildman–Crippen MR) is 78.1 cm³/mol. The van der Waals surface area contributed by atoms with Gasteiger partial charge in [-0.05, 0) is 12.5 Å². The number of rotatable bonds is 6. The third-order valence-corrected chi connectivity index (χ3v) is 3.62. The average molecular weight is 261 g/mol. The van der Waals surface area contributed by atoms with Crippen LogP contribution in [-0.2, 0) is 18.2 Å². The van der Waals surface area contributed by atoms with E-state index >= 15 is 0 Å². The number of para-hydroxylation sites is 1. The maximum Gasteiger partial charge on any atom is 0.0725 e. The Balaban J connectivity index is 2.21. The average Bonchev–Trinajstić information content (AvgIpc) is 2.73. The molecule has 0 fully saturated rings. The highest BCUT2D eigenvalue weighted by Gasteiger charge is 2.19. The van der Waals surface area contributed by atoms with Crippen LogP contribution in [0.15, 0.2) is 24.3 Å². The summed E-state index contributed by atoms with van der Waals surface area (Å²) in [4.78, 5) is 0. The summed E-state index contributed by atoms with van der Waals surface area (Å²) < 4.78 is 7.40. The van der Waals surface area contributed by atoms with E-state index in [4.69, 9.17) is 10.5 Å². The van der Waals surface area contributed by atoms with Crippen molar-refractivity contribution >= 4 is 10.9 Å². The number of nitrogens with two attached hydrogens (primary N) is 1. The number of benzene rings is 1. The van der Waals surface area contributed by atoms with E-state index in [-0.39, 0.29) is 12.1 Å². The number of hydrogen-bond donors (Lipinski definition) is 1. The summed E-state index contributed by atoms with van der Waals surface area (Å²) in [5.41, 5.74) is 8.48. The van der Waals surface area contributed by atoms with Crippen molar-refractivity contribution in [2.24, 2.45) is 12.8 Å². The van der Waals surface area contributed by atoms with Gasteiger partial charge in [0, 0.05) is 32.0 Å². The summed E-state index contributed by atoms with van der Waals surface area (Å²) in [5.74, 6) is 0. The second kappa shape index (κ2) is 6.17. The number of methoxy groups -OCH3 is 1. The molecular weight excluding hydrogens is 238 g/mol. The first-order chi connectivity index (χ1) is 9.17. The Hall–Kier alpha value is -1.39. The molecule has 1 heterocycles. The Bertz CT molecular complexity index is 535. The Morgan fingerprint density at radius 2 is 2.11 bits per heavy atom. The number of nitrogens with zero attached hydrogens (tertiary/aromatic N) is 2. The van der Waals surface area contributed by atoms with E-state index in [0.717, 1.165) is 30.5 Å². The SMILES string of the molecule is CCCC(OC)C(N)Cc1nn(C)c2ccccc12. The second-order valence-electron chi connectivity index (χ2n) is 5.02. The minimum absolute atomic E-state index is 0.0109. The molecule has 2 rings (SSSR count). The molecule has 2 aromatic rings. The molecule has 0 spiro atoms. The quantitative estimate of drug-likeness (QED) is 0.867. The van der Waals surface area contributed by atoms with Gasteiger partial charge < -0.3 is 10.5 Å². The highest BCUT2D eigenvalue weighted by Crippen LogP contribution is 2.20. The molecule has 4 heteroatoms. The smallest absolute Gasteiger partial charge is 0.0725 e. The normalized spacial score (nSPS) is 14.7. The molecule has 0 saturated carbocycles. The van der Waals surface area contributed by atoms with E-state index in [1.807, 2.05) is 23.9 Å². The van der Waals surface area contributed by atoms with Crippen molar-refractivity contribution in [3.05, 3.63) is 30.0 Å². The molecule has 19 heavy (non-hydrogen) atoms. The molecule has 4 nitrogen and oxygen atoms in total. The molecule has 104 valence electrons. The van der Waals surface area contributed by atoms with Crippen molar-refractivity contribution in [3.63, 3.8) is 0 Å². The zero-order valence-corrected chi connectivity index (χ0v) is 12.0. The summed E-state index contributed by atoms with van der Waals surface area (Å²) in [6.07, 6.45) is 2.92. The van der Waals surface area contributed by atoms with Crippen LogP contribution in [0.25, 0.3) is 10.9 Å². The fourth-order valence-electron chi connectivity index (χ4n) is 2.59. The van der Waals surface area contributed by atoms with E-state index < -0.39 is 0 Å². The van der Waals surface area contributed by atoms with Crippen molar-refractivity contribution in [1.29, 1.82) is 0 Å². The van der Waals surface area contributed by atoms with Gasteiger partial charge in [0.15, 0.2) is 0 Å². The Kier molecular flexibility index (Phi) is 4.56. The number of fused-ring (bicyclic) bond motifs is 1. The maximum absolute atomic E-state index is 6.27. The number of aromatic nitrogens is 2. The maximum atomic E-state index is 6.27. The van der Waals surface area contributed by atoms with Gasteiger partial charge in [-0.25, -0.2) is 0 Å². The third kappa shape index (κ3) is 2.96. The van der Waals surface area contributed by atoms with Crippen LogP contribution in [0.3, 0.4) is 0 Å². The van der Waals surface area contributed by atoms with Gasteiger partial charge in [0.2, 0.25) is 0 Å². The molecule has 1 aromatic carbocycles. The molecule has 0 bridgehead atoms. The monoisotopic (exact) mass is 261 g/mol. The van der Waals surface area contributed by atoms with Gasteiger partial charge in [0.05, 0.1) is 17.3 Å². The van der Waals surface area contributed by atoms with Gasteiger partial charge in [-0.15, -0.1) is 0 Å². The van der Waals surface area contributed by atoms with Gasteiger partial charge in [0.1, 0.15) is 0 Å². The van der Waals surface area contributed by atoms with E-state index in [0.29, 0.717) is 0 Å². The van der Waals surface area contributed by atoms with Crippen molar-refractivity contribution in [3.8, 4) is 0 Å². The van der Waals surface area contributed by atoms with Crippen LogP contribution < -0.4 is 5.73 Å². The molecule has 2 unspecified atom stereocenters. The first kappa shape index (κ1) is 14.0. The number of ether oxygens (including phenoxy) is 1. The first-order valence-corrected chi connectivity index (χ1v) is 6.86. The third-order valence-electron chi connectivity index (χ3n) is 3.62. The van der Waals surface area contributed by atoms with Crippen LogP contribution in [0, 0.1) is 0 Å². The standard InChI is InChI=1S/C15H23N3O/c1-4-7-15(19-3)12(16)10-13-11-8-5-6-9-14(11)18(2)17-13/h5-6,8-9,12,15H,4,7,10,16H2,1-3H3. The number of aryl methyl sites for hydroxylation is 1. The first-order valence-electron chi connectivity index (χ1n) is 6.86. The predicted octanol–water partition coefficient (Wildman–Crippen LogP) is 2.26. The lowest BCUT2D eigenvalue weighted by molar-refractivity contribution is 0.0724. The Morgan fingerprint density at radius 3 is 2.79 bits per heavy atom. The Morgan fingerprint density at radius 1 is 1.37 bits per heavy atom. The zero-order chi connectivity index (χ0) is 13.8. The molecule has 0 radical (unpaired) electrons. The summed E-state index contributed by atoms with van der Waals surface area (Å²) in [5, 5.41) is 5.77. The van der Waals surface area contributed by atoms with Crippen molar-refractivity contribution in [2.75, 3.05) is 7.11 Å². The minimum atomic E-state index is -0.0109. The lowest BCUT2D eigenvalue weighted by Crippen LogP contribution is -2.38. The molecule has 2 N–H and O–H groups in total. The molecular formula is C15H23N3O. The zero-order valence-electron chi connectivity index (χ0n) is 12.0. The van der Waals surface area contributed by atoms with Crippen molar-refractivity contribution < 1.29 is 4.74 Å². The van der Waals surface area contributed by atoms with E-state index in [2.05, 4.69) is 24.2 Å². The van der Waals surface area contributed by atoms with Gasteiger partial charge in [0.25, 0.3) is 0 Å². The summed E-state index contributed by atoms with van der Waals surface area (Å²) in [6.45, 7) is 2.15. The van der Waals surface area contributed by atoms with Gasteiger partial charge in [-0.3, -0.25) is 4.68 Å². The number of hydrogen-bond acceptors (Lipinski definition) is 3. The van der Waals surface area contributed by atoms with E-state index in [1.54, 1.807) is 7.11 Å². The molecule has 0 aliphatic heterocycles. The Labute approximate surface area is 114 Å². The van der Waals surface area contributed by atoms with Crippen LogP contribution in [0.2, 0.25) is 0 Å². The van der Waals surface area contributed by atoms with Gasteiger partial charge in [-0.1, -0.05) is 31.5 Å². The van der Waals surface area contributed by atoms with Crippen LogP contribution in [0.4, 0.5) is 0 Å². The lowest BCUT2D eigenvalue weighted by atomic mass is 10.0. The summed E-state index contributed by atoms with van der Waals surface area (Å²) in [6, 6.07) is 8.24. The molecule has 0 aliphatic rings. The second-order valence-corrected chi connectivity index (χ2v) is 5.02. The molecule has 2 atom stereocenters. The van der Waals surface area contributed by atoms with Crippen molar-refractivity contribution in [1.82, 2.24) is 9.78 Å². The topological polar surface area (TPSA) is 53.1 Å². The van der Waals surface area contributed by atoms with Crippen LogP contribution in [0.5, 0.6) is 0 Å². The van der Waals surface area contributed by atoms with Gasteiger partial charge >= 0.3 is 0 Å². The van der Waals surface area contributed by atoms with E-state index in [1.165, 1.54) is 5.39 Å². The largest absolute Gasteiger partial charge is 0.380 e. The van der Waals surface area contributed by atoms with E-state index in [9.17, 15) is 0 Å². The van der Waals surface area contributed by atoms with Crippen LogP contribution in [-0.4, -0.2) is 29.0 Å². The van der Waals surface area contributed by atoms with Gasteiger partial charge in [-0.2, -0.15) is 5.10 Å². The molecule has 0 saturated heterocycles. The molecule has 0 amide bonds. The minimum Gasteiger partial charge on any atom is -0.380 e. The summed E-state index contributed by atoms with van der Waals surface area (Å²) >= 11 is 0. The fourth-order valence-corrected chi connectivity index (χ4v) is 2.59.